The minimum atomic E-state index is -0.921. The molecule has 4 amide bonds. The third kappa shape index (κ3) is 3.96. The Morgan fingerprint density at radius 1 is 1.41 bits per heavy atom. The summed E-state index contributed by atoms with van der Waals surface area (Å²) in [4.78, 5) is 49.5. The van der Waals surface area contributed by atoms with Crippen LogP contribution in [-0.2, 0) is 25.7 Å². The van der Waals surface area contributed by atoms with E-state index in [4.69, 9.17) is 9.15 Å². The second-order valence-corrected chi connectivity index (χ2v) is 6.96. The third-order valence-corrected chi connectivity index (χ3v) is 5.19. The van der Waals surface area contributed by atoms with Crippen molar-refractivity contribution in [3.8, 4) is 0 Å². The molecule has 1 saturated heterocycles. The maximum Gasteiger partial charge on any atom is 0.326 e. The van der Waals surface area contributed by atoms with Crippen molar-refractivity contribution >= 4 is 23.8 Å². The summed E-state index contributed by atoms with van der Waals surface area (Å²) in [6.07, 6.45) is 4.77. The number of furan rings is 1. The summed E-state index contributed by atoms with van der Waals surface area (Å²) < 4.78 is 9.95. The fourth-order valence-electron chi connectivity index (χ4n) is 3.61. The molecule has 3 rings (SSSR count). The summed E-state index contributed by atoms with van der Waals surface area (Å²) in [7, 11) is 0. The van der Waals surface area contributed by atoms with Crippen LogP contribution in [0, 0.1) is 5.92 Å². The van der Waals surface area contributed by atoms with E-state index < -0.39 is 36.6 Å². The van der Waals surface area contributed by atoms with Crippen molar-refractivity contribution in [2.75, 3.05) is 13.2 Å². The molecule has 9 heteroatoms. The zero-order chi connectivity index (χ0) is 19.4. The van der Waals surface area contributed by atoms with E-state index in [0.29, 0.717) is 12.2 Å². The van der Waals surface area contributed by atoms with Gasteiger partial charge in [-0.25, -0.2) is 4.79 Å². The van der Waals surface area contributed by atoms with Gasteiger partial charge in [-0.2, -0.15) is 0 Å². The summed E-state index contributed by atoms with van der Waals surface area (Å²) in [6.45, 7) is 1.11. The van der Waals surface area contributed by atoms with Crippen molar-refractivity contribution in [1.82, 2.24) is 15.5 Å². The maximum absolute atomic E-state index is 12.8. The minimum Gasteiger partial charge on any atom is -0.467 e. The molecule has 0 bridgehead atoms. The largest absolute Gasteiger partial charge is 0.467 e. The van der Waals surface area contributed by atoms with Gasteiger partial charge < -0.3 is 19.8 Å². The lowest BCUT2D eigenvalue weighted by molar-refractivity contribution is -0.151. The fraction of sp³-hybridized carbons (Fsp3) is 0.556. The molecule has 2 aliphatic rings. The van der Waals surface area contributed by atoms with Gasteiger partial charge in [-0.1, -0.05) is 19.8 Å². The molecule has 1 saturated carbocycles. The van der Waals surface area contributed by atoms with Crippen LogP contribution in [0.4, 0.5) is 4.79 Å². The summed E-state index contributed by atoms with van der Waals surface area (Å²) in [5.41, 5.74) is -0.921. The number of urea groups is 1. The summed E-state index contributed by atoms with van der Waals surface area (Å²) in [5.74, 6) is -1.13. The van der Waals surface area contributed by atoms with Crippen LogP contribution in [0.25, 0.3) is 0 Å². The van der Waals surface area contributed by atoms with E-state index >= 15 is 0 Å². The van der Waals surface area contributed by atoms with Gasteiger partial charge in [0.25, 0.3) is 11.8 Å². The van der Waals surface area contributed by atoms with E-state index in [1.54, 1.807) is 12.1 Å². The van der Waals surface area contributed by atoms with Crippen molar-refractivity contribution in [2.45, 2.75) is 44.7 Å². The highest BCUT2D eigenvalue weighted by molar-refractivity contribution is 6.09. The lowest BCUT2D eigenvalue weighted by atomic mass is 9.73. The Kier molecular flexibility index (Phi) is 5.48. The molecule has 1 spiro atoms. The fourth-order valence-corrected chi connectivity index (χ4v) is 3.61. The Hall–Kier alpha value is -2.84. The first-order valence-electron chi connectivity index (χ1n) is 9.01. The van der Waals surface area contributed by atoms with Gasteiger partial charge in [0.15, 0.2) is 6.61 Å². The Morgan fingerprint density at radius 3 is 2.93 bits per heavy atom. The van der Waals surface area contributed by atoms with Crippen LogP contribution in [0.3, 0.4) is 0 Å². The highest BCUT2D eigenvalue weighted by atomic mass is 16.5. The van der Waals surface area contributed by atoms with Gasteiger partial charge in [0, 0.05) is 0 Å². The summed E-state index contributed by atoms with van der Waals surface area (Å²) in [5, 5.41) is 5.30. The molecule has 0 aromatic carbocycles. The maximum atomic E-state index is 12.8. The normalized spacial score (nSPS) is 24.8. The van der Waals surface area contributed by atoms with Gasteiger partial charge in [0.2, 0.25) is 0 Å². The average molecular weight is 377 g/mol. The van der Waals surface area contributed by atoms with Crippen molar-refractivity contribution in [2.24, 2.45) is 5.92 Å². The Labute approximate surface area is 156 Å². The number of hydrogen-bond donors (Lipinski definition) is 2. The van der Waals surface area contributed by atoms with E-state index in [1.807, 2.05) is 6.92 Å². The van der Waals surface area contributed by atoms with Gasteiger partial charge in [-0.3, -0.25) is 19.3 Å². The van der Waals surface area contributed by atoms with Gasteiger partial charge in [-0.05, 0) is 30.9 Å². The van der Waals surface area contributed by atoms with Crippen LogP contribution in [0.5, 0.6) is 0 Å². The van der Waals surface area contributed by atoms with Gasteiger partial charge in [0.05, 0.1) is 12.8 Å². The lowest BCUT2D eigenvalue weighted by Gasteiger charge is -2.36. The lowest BCUT2D eigenvalue weighted by Crippen LogP contribution is -2.54. The first kappa shape index (κ1) is 18.9. The number of esters is 1. The standard InChI is InChI=1S/C18H23N3O6/c1-12-5-2-3-7-18(12)16(24)21(17(25)20-18)10-15(23)27-11-14(22)19-9-13-6-4-8-26-13/h4,6,8,12H,2-3,5,7,9-11H2,1H3,(H,19,22)(H,20,25)/t12-,18-/m0/s1. The SMILES string of the molecule is C[C@H]1CCCC[C@]12NC(=O)N(CC(=O)OCC(=O)NCc1ccco1)C2=O. The molecule has 0 unspecified atom stereocenters. The van der Waals surface area contributed by atoms with Crippen molar-refractivity contribution in [1.29, 1.82) is 0 Å². The molecular formula is C18H23N3O6. The molecule has 2 N–H and O–H groups in total. The molecule has 1 aromatic rings. The summed E-state index contributed by atoms with van der Waals surface area (Å²) >= 11 is 0. The first-order chi connectivity index (χ1) is 12.9. The Balaban J connectivity index is 1.48. The summed E-state index contributed by atoms with van der Waals surface area (Å²) in [6, 6.07) is 2.80. The smallest absolute Gasteiger partial charge is 0.326 e. The number of carbonyl (C=O) groups is 4. The number of ether oxygens (including phenoxy) is 1. The molecule has 2 atom stereocenters. The number of nitrogens with one attached hydrogen (secondary N) is 2. The molecule has 2 heterocycles. The molecule has 1 aliphatic heterocycles. The van der Waals surface area contributed by atoms with E-state index in [1.165, 1.54) is 6.26 Å². The number of hydrogen-bond acceptors (Lipinski definition) is 6. The monoisotopic (exact) mass is 377 g/mol. The topological polar surface area (TPSA) is 118 Å². The predicted molar refractivity (Wildman–Crippen MR) is 92.1 cm³/mol. The average Bonchev–Trinajstić information content (AvgIpc) is 3.24. The van der Waals surface area contributed by atoms with Gasteiger partial charge in [0.1, 0.15) is 17.8 Å². The number of nitrogens with zero attached hydrogens (tertiary/aromatic N) is 1. The van der Waals surface area contributed by atoms with Crippen LogP contribution >= 0.6 is 0 Å². The highest BCUT2D eigenvalue weighted by Crippen LogP contribution is 2.38. The zero-order valence-electron chi connectivity index (χ0n) is 15.2. The first-order valence-corrected chi connectivity index (χ1v) is 9.01. The number of carbonyl (C=O) groups excluding carboxylic acids is 4. The molecule has 146 valence electrons. The minimum absolute atomic E-state index is 0.0103. The van der Waals surface area contributed by atoms with Crippen LogP contribution in [0.2, 0.25) is 0 Å². The van der Waals surface area contributed by atoms with Crippen LogP contribution in [-0.4, -0.2) is 47.4 Å². The van der Waals surface area contributed by atoms with Gasteiger partial charge >= 0.3 is 12.0 Å². The Morgan fingerprint density at radius 2 is 2.22 bits per heavy atom. The van der Waals surface area contributed by atoms with E-state index in [0.717, 1.165) is 24.2 Å². The quantitative estimate of drug-likeness (QED) is 0.563. The van der Waals surface area contributed by atoms with Gasteiger partial charge in [-0.15, -0.1) is 0 Å². The van der Waals surface area contributed by atoms with Crippen LogP contribution in [0.15, 0.2) is 22.8 Å². The molecule has 0 radical (unpaired) electrons. The molecular weight excluding hydrogens is 354 g/mol. The Bertz CT molecular complexity index is 731. The molecule has 9 nitrogen and oxygen atoms in total. The van der Waals surface area contributed by atoms with Crippen LogP contribution < -0.4 is 10.6 Å². The number of imide groups is 1. The van der Waals surface area contributed by atoms with Crippen molar-refractivity contribution < 1.29 is 28.3 Å². The number of amides is 4. The third-order valence-electron chi connectivity index (χ3n) is 5.19. The predicted octanol–water partition coefficient (Wildman–Crippen LogP) is 0.940. The molecule has 2 fully saturated rings. The van der Waals surface area contributed by atoms with E-state index in [-0.39, 0.29) is 18.4 Å². The van der Waals surface area contributed by atoms with Crippen molar-refractivity contribution in [3.63, 3.8) is 0 Å². The molecule has 27 heavy (non-hydrogen) atoms. The van der Waals surface area contributed by atoms with E-state index in [9.17, 15) is 19.2 Å². The van der Waals surface area contributed by atoms with E-state index in [2.05, 4.69) is 10.6 Å². The zero-order valence-corrected chi connectivity index (χ0v) is 15.2. The molecule has 1 aliphatic carbocycles. The highest BCUT2D eigenvalue weighted by Gasteiger charge is 2.55. The molecule has 1 aromatic heterocycles. The van der Waals surface area contributed by atoms with Crippen LogP contribution in [0.1, 0.15) is 38.4 Å². The second-order valence-electron chi connectivity index (χ2n) is 6.96. The second kappa shape index (κ2) is 7.81. The van der Waals surface area contributed by atoms with Crippen molar-refractivity contribution in [3.05, 3.63) is 24.2 Å². The number of rotatable bonds is 6.